The summed E-state index contributed by atoms with van der Waals surface area (Å²) in [5.41, 5.74) is 2.08. The Bertz CT molecular complexity index is 1990. The van der Waals surface area contributed by atoms with E-state index in [2.05, 4.69) is 47.4 Å². The number of aromatic amines is 1. The van der Waals surface area contributed by atoms with Crippen molar-refractivity contribution in [1.82, 2.24) is 30.0 Å². The number of hydrogen-bond donors (Lipinski definition) is 3. The number of nitrogens with one attached hydrogen (secondary N) is 3. The normalized spacial score (nSPS) is 22.5. The van der Waals surface area contributed by atoms with Gasteiger partial charge in [0.2, 0.25) is 17.7 Å². The van der Waals surface area contributed by atoms with Crippen molar-refractivity contribution in [2.24, 2.45) is 11.8 Å². The molecule has 5 fully saturated rings. The minimum Gasteiger partial charge on any atom is -0.493 e. The topological polar surface area (TPSA) is 149 Å². The number of thioether (sulfide) groups is 1. The number of carbonyl (C=O) groups excluding carboxylic acids is 3. The van der Waals surface area contributed by atoms with Crippen molar-refractivity contribution in [2.75, 3.05) is 77.5 Å². The quantitative estimate of drug-likeness (QED) is 0.202. The van der Waals surface area contributed by atoms with Crippen molar-refractivity contribution >= 4 is 46.1 Å². The first-order valence-electron chi connectivity index (χ1n) is 21.7. The lowest BCUT2D eigenvalue weighted by atomic mass is 9.88. The number of aromatic nitrogens is 2. The number of fused-ring (bicyclic) bond motifs is 1. The second-order valence-electron chi connectivity index (χ2n) is 17.1. The van der Waals surface area contributed by atoms with E-state index in [0.717, 1.165) is 103 Å². The molecule has 1 aromatic heterocycles. The van der Waals surface area contributed by atoms with E-state index in [1.54, 1.807) is 17.8 Å². The number of ether oxygens (including phenoxy) is 2. The Balaban J connectivity index is 0.713. The fraction of sp³-hybridized carbons (Fsp3) is 0.614. The Morgan fingerprint density at radius 3 is 2.34 bits per heavy atom. The summed E-state index contributed by atoms with van der Waals surface area (Å²) in [7, 11) is 0. The molecule has 5 aliphatic rings. The second-order valence-corrected chi connectivity index (χ2v) is 18.4. The SMILES string of the molecule is O=C1CCC(Nc2ccc(C3CCN(CC4CCN(C(=O)CN5CCC(SCc6nc7cc(OCC8CCOCC8)cc(F)c7c(=O)[nH]6)CC5)CC4)CC3)cc2)C(=O)N1. The first kappa shape index (κ1) is 41.7. The molecule has 0 radical (unpaired) electrons. The number of rotatable bonds is 13. The summed E-state index contributed by atoms with van der Waals surface area (Å²) < 4.78 is 26.3. The molecule has 3 aromatic rings. The van der Waals surface area contributed by atoms with Crippen molar-refractivity contribution in [3.8, 4) is 5.75 Å². The number of hydrogen-bond acceptors (Lipinski definition) is 11. The smallest absolute Gasteiger partial charge is 0.261 e. The largest absolute Gasteiger partial charge is 0.493 e. The number of benzene rings is 2. The van der Waals surface area contributed by atoms with Gasteiger partial charge in [0.25, 0.3) is 5.56 Å². The van der Waals surface area contributed by atoms with Gasteiger partial charge >= 0.3 is 0 Å². The van der Waals surface area contributed by atoms with Crippen LogP contribution in [0.5, 0.6) is 5.75 Å². The summed E-state index contributed by atoms with van der Waals surface area (Å²) in [6, 6.07) is 11.0. The first-order chi connectivity index (χ1) is 28.7. The maximum atomic E-state index is 14.9. The van der Waals surface area contributed by atoms with Gasteiger partial charge in [-0.15, -0.1) is 0 Å². The molecule has 13 nitrogen and oxygen atoms in total. The Morgan fingerprint density at radius 1 is 0.881 bits per heavy atom. The molecule has 318 valence electrons. The fourth-order valence-corrected chi connectivity index (χ4v) is 10.4. The van der Waals surface area contributed by atoms with Crippen LogP contribution >= 0.6 is 11.8 Å². The zero-order chi connectivity index (χ0) is 40.7. The highest BCUT2D eigenvalue weighted by Crippen LogP contribution is 2.31. The van der Waals surface area contributed by atoms with Gasteiger partial charge in [-0.1, -0.05) is 12.1 Å². The van der Waals surface area contributed by atoms with Gasteiger partial charge in [0.1, 0.15) is 28.8 Å². The third-order valence-corrected chi connectivity index (χ3v) is 14.4. The van der Waals surface area contributed by atoms with Gasteiger partial charge in [-0.3, -0.25) is 29.4 Å². The van der Waals surface area contributed by atoms with E-state index < -0.39 is 11.4 Å². The molecule has 8 rings (SSSR count). The van der Waals surface area contributed by atoms with Crippen molar-refractivity contribution in [3.05, 3.63) is 64.0 Å². The van der Waals surface area contributed by atoms with Crippen LogP contribution in [-0.4, -0.2) is 126 Å². The van der Waals surface area contributed by atoms with Gasteiger partial charge in [0.15, 0.2) is 0 Å². The standard InChI is InChI=1S/C44H58FN7O6S/c45-36-23-34(58-27-30-13-21-57-22-14-30)24-38-42(36)44(56)48-39(47-38)28-59-35-11-17-51(18-12-35)26-41(54)52-19-7-29(8-20-52)25-50-15-9-32(10-16-50)31-1-3-33(4-2-31)46-37-5-6-40(53)49-43(37)55/h1-4,23-24,29-30,32,35,37,46H,5-22,25-28H2,(H,47,48,56)(H,49,53,55). The van der Waals surface area contributed by atoms with Crippen molar-refractivity contribution in [2.45, 2.75) is 87.2 Å². The highest BCUT2D eigenvalue weighted by atomic mass is 32.2. The van der Waals surface area contributed by atoms with E-state index in [1.807, 2.05) is 12.1 Å². The molecule has 5 aliphatic heterocycles. The summed E-state index contributed by atoms with van der Waals surface area (Å²) in [4.78, 5) is 64.1. The molecule has 3 N–H and O–H groups in total. The zero-order valence-electron chi connectivity index (χ0n) is 33.9. The minimum absolute atomic E-state index is 0.0418. The Morgan fingerprint density at radius 2 is 1.61 bits per heavy atom. The summed E-state index contributed by atoms with van der Waals surface area (Å²) >= 11 is 1.76. The molecule has 0 aliphatic carbocycles. The minimum atomic E-state index is -0.624. The van der Waals surface area contributed by atoms with Crippen LogP contribution in [0.4, 0.5) is 10.1 Å². The average Bonchev–Trinajstić information content (AvgIpc) is 3.24. The highest BCUT2D eigenvalue weighted by Gasteiger charge is 2.30. The Labute approximate surface area is 349 Å². The molecular weight excluding hydrogens is 774 g/mol. The third-order valence-electron chi connectivity index (χ3n) is 13.0. The first-order valence-corrected chi connectivity index (χ1v) is 22.7. The number of likely N-dealkylation sites (tertiary alicyclic amines) is 3. The van der Waals surface area contributed by atoms with Crippen LogP contribution in [0, 0.1) is 17.7 Å². The maximum Gasteiger partial charge on any atom is 0.261 e. The van der Waals surface area contributed by atoms with Gasteiger partial charge in [-0.2, -0.15) is 11.8 Å². The third kappa shape index (κ3) is 11.0. The lowest BCUT2D eigenvalue weighted by molar-refractivity contribution is -0.135. The molecule has 2 aromatic carbocycles. The molecule has 15 heteroatoms. The molecule has 0 spiro atoms. The number of piperidine rings is 4. The molecule has 1 unspecified atom stereocenters. The number of nitrogens with zero attached hydrogens (tertiary/aromatic N) is 4. The molecule has 0 saturated carbocycles. The van der Waals surface area contributed by atoms with E-state index in [9.17, 15) is 23.6 Å². The maximum absolute atomic E-state index is 14.9. The molecule has 6 heterocycles. The van der Waals surface area contributed by atoms with Crippen molar-refractivity contribution < 1.29 is 28.2 Å². The molecular formula is C44H58FN7O6S. The number of imide groups is 1. The molecule has 5 saturated heterocycles. The monoisotopic (exact) mass is 831 g/mol. The summed E-state index contributed by atoms with van der Waals surface area (Å²) in [5, 5.41) is 6.02. The summed E-state index contributed by atoms with van der Waals surface area (Å²) in [5.74, 6) is 2.11. The number of anilines is 1. The molecule has 1 atom stereocenters. The van der Waals surface area contributed by atoms with E-state index in [0.29, 0.717) is 85.1 Å². The van der Waals surface area contributed by atoms with E-state index >= 15 is 0 Å². The van der Waals surface area contributed by atoms with Crippen molar-refractivity contribution in [3.63, 3.8) is 0 Å². The van der Waals surface area contributed by atoms with Crippen LogP contribution in [0.3, 0.4) is 0 Å². The van der Waals surface area contributed by atoms with Crippen LogP contribution < -0.4 is 20.9 Å². The van der Waals surface area contributed by atoms with Crippen LogP contribution in [-0.2, 0) is 24.9 Å². The number of amides is 3. The number of halogens is 1. The number of carbonyl (C=O) groups is 3. The van der Waals surface area contributed by atoms with Crippen LogP contribution in [0.15, 0.2) is 41.2 Å². The predicted octanol–water partition coefficient (Wildman–Crippen LogP) is 4.90. The second kappa shape index (κ2) is 19.6. The van der Waals surface area contributed by atoms with E-state index in [-0.39, 0.29) is 29.1 Å². The lowest BCUT2D eigenvalue weighted by Crippen LogP contribution is -2.47. The van der Waals surface area contributed by atoms with Gasteiger partial charge in [0.05, 0.1) is 24.4 Å². The molecule has 0 bridgehead atoms. The fourth-order valence-electron chi connectivity index (χ4n) is 9.31. The zero-order valence-corrected chi connectivity index (χ0v) is 34.7. The van der Waals surface area contributed by atoms with Gasteiger partial charge < -0.3 is 29.6 Å². The summed E-state index contributed by atoms with van der Waals surface area (Å²) in [6.45, 7) is 9.03. The molecule has 59 heavy (non-hydrogen) atoms. The predicted molar refractivity (Wildman–Crippen MR) is 226 cm³/mol. The highest BCUT2D eigenvalue weighted by molar-refractivity contribution is 7.99. The molecule has 3 amide bonds. The number of H-pyrrole nitrogens is 1. The average molecular weight is 832 g/mol. The lowest BCUT2D eigenvalue weighted by Gasteiger charge is -2.38. The van der Waals surface area contributed by atoms with Crippen LogP contribution in [0.2, 0.25) is 0 Å². The van der Waals surface area contributed by atoms with Gasteiger partial charge in [-0.25, -0.2) is 9.37 Å². The van der Waals surface area contributed by atoms with Gasteiger partial charge in [-0.05, 0) is 119 Å². The van der Waals surface area contributed by atoms with Crippen LogP contribution in [0.25, 0.3) is 10.9 Å². The van der Waals surface area contributed by atoms with Crippen LogP contribution in [0.1, 0.15) is 81.5 Å². The van der Waals surface area contributed by atoms with E-state index in [4.69, 9.17) is 9.47 Å². The Hall–Kier alpha value is -4.05. The van der Waals surface area contributed by atoms with Crippen molar-refractivity contribution in [1.29, 1.82) is 0 Å². The summed E-state index contributed by atoms with van der Waals surface area (Å²) in [6.07, 6.45) is 8.99. The van der Waals surface area contributed by atoms with E-state index in [1.165, 1.54) is 11.6 Å². The van der Waals surface area contributed by atoms with Gasteiger partial charge in [0, 0.05) is 62.3 Å². The Kier molecular flexibility index (Phi) is 13.8.